The molecule has 4 heterocycles. The van der Waals surface area contributed by atoms with Crippen LogP contribution in [0.3, 0.4) is 0 Å². The summed E-state index contributed by atoms with van der Waals surface area (Å²) in [5, 5.41) is 20.1. The first-order valence-electron chi connectivity index (χ1n) is 18.6. The Balaban J connectivity index is 1.09. The van der Waals surface area contributed by atoms with Gasteiger partial charge in [-0.1, -0.05) is 115 Å². The largest absolute Gasteiger partial charge is 0.456 e. The predicted octanol–water partition coefficient (Wildman–Crippen LogP) is 12.7. The minimum absolute atomic E-state index is 0.109. The Labute approximate surface area is 322 Å². The summed E-state index contributed by atoms with van der Waals surface area (Å²) in [6.45, 7) is 0. The lowest BCUT2D eigenvalue weighted by molar-refractivity contribution is 0.669. The average Bonchev–Trinajstić information content (AvgIpc) is 3.93. The third kappa shape index (κ3) is 4.46. The van der Waals surface area contributed by atoms with Crippen LogP contribution < -0.4 is 5.62 Å². The van der Waals surface area contributed by atoms with E-state index in [1.807, 2.05) is 65.9 Å². The molecule has 12 aromatic rings. The van der Waals surface area contributed by atoms with Gasteiger partial charge in [-0.05, 0) is 59.3 Å². The Hall–Kier alpha value is -7.35. The number of fused-ring (bicyclic) bond motifs is 14. The number of amidine groups is 1. The van der Waals surface area contributed by atoms with Gasteiger partial charge in [-0.25, -0.2) is 4.98 Å². The number of aromatic amines is 1. The number of thiophene rings is 1. The van der Waals surface area contributed by atoms with Crippen molar-refractivity contribution in [2.75, 3.05) is 0 Å². The molecule has 8 aromatic carbocycles. The normalized spacial score (nSPS) is 12.5. The number of H-pyrrole nitrogens is 1. The van der Waals surface area contributed by atoms with Gasteiger partial charge in [-0.15, -0.1) is 11.3 Å². The second kappa shape index (κ2) is 11.8. The lowest BCUT2D eigenvalue weighted by atomic mass is 9.99. The van der Waals surface area contributed by atoms with E-state index in [0.717, 1.165) is 60.8 Å². The van der Waals surface area contributed by atoms with E-state index < -0.39 is 0 Å². The molecule has 0 aliphatic heterocycles. The highest BCUT2D eigenvalue weighted by Gasteiger charge is 2.23. The Kier molecular flexibility index (Phi) is 6.55. The van der Waals surface area contributed by atoms with Crippen molar-refractivity contribution in [1.29, 1.82) is 5.41 Å². The molecule has 0 atom stereocenters. The molecular weight excluding hydrogens is 707 g/mol. The maximum atomic E-state index is 9.61. The van der Waals surface area contributed by atoms with Crippen LogP contribution in [0.15, 0.2) is 173 Å². The lowest BCUT2D eigenvalue weighted by Crippen LogP contribution is -2.17. The Morgan fingerprint density at radius 3 is 2.14 bits per heavy atom. The number of rotatable bonds is 3. The molecule has 0 radical (unpaired) electrons. The Bertz CT molecular complexity index is 3700. The molecule has 0 saturated heterocycles. The van der Waals surface area contributed by atoms with Gasteiger partial charge in [0.2, 0.25) is 5.62 Å². The summed E-state index contributed by atoms with van der Waals surface area (Å²) >= 11 is 1.83. The molecule has 56 heavy (non-hydrogen) atoms. The van der Waals surface area contributed by atoms with E-state index in [9.17, 15) is 5.41 Å². The van der Waals surface area contributed by atoms with Gasteiger partial charge in [0, 0.05) is 53.5 Å². The second-order valence-corrected chi connectivity index (χ2v) is 15.2. The summed E-state index contributed by atoms with van der Waals surface area (Å²) in [6, 6.07) is 56.6. The van der Waals surface area contributed by atoms with Gasteiger partial charge in [0.05, 0.1) is 32.6 Å². The average molecular weight is 736 g/mol. The van der Waals surface area contributed by atoms with Crippen molar-refractivity contribution in [2.24, 2.45) is 4.99 Å². The molecule has 0 amide bonds. The summed E-state index contributed by atoms with van der Waals surface area (Å²) in [6.07, 6.45) is 0. The zero-order chi connectivity index (χ0) is 36.9. The van der Waals surface area contributed by atoms with E-state index in [1.165, 1.54) is 41.7 Å². The van der Waals surface area contributed by atoms with Crippen LogP contribution in [-0.2, 0) is 0 Å². The number of aromatic nitrogens is 3. The number of nitrogens with one attached hydrogen (secondary N) is 2. The van der Waals surface area contributed by atoms with Gasteiger partial charge in [0.15, 0.2) is 5.84 Å². The number of benzene rings is 8. The number of nitrogens with zero attached hydrogens (tertiary/aromatic N) is 3. The van der Waals surface area contributed by atoms with Crippen LogP contribution in [0, 0.1) is 5.41 Å². The second-order valence-electron chi connectivity index (χ2n) is 14.2. The predicted molar refractivity (Wildman–Crippen MR) is 232 cm³/mol. The van der Waals surface area contributed by atoms with E-state index >= 15 is 0 Å². The summed E-state index contributed by atoms with van der Waals surface area (Å²) in [4.78, 5) is 13.4. The van der Waals surface area contributed by atoms with Crippen LogP contribution in [0.2, 0.25) is 0 Å². The third-order valence-electron chi connectivity index (χ3n) is 11.1. The molecule has 7 heteroatoms. The topological polar surface area (TPSA) is 83.0 Å². The first-order chi connectivity index (χ1) is 27.7. The quantitative estimate of drug-likeness (QED) is 0.140. The van der Waals surface area contributed by atoms with Crippen molar-refractivity contribution in [1.82, 2.24) is 14.5 Å². The van der Waals surface area contributed by atoms with Crippen molar-refractivity contribution in [3.63, 3.8) is 0 Å². The molecule has 262 valence electrons. The molecule has 6 nitrogen and oxygen atoms in total. The smallest absolute Gasteiger partial charge is 0.229 e. The zero-order valence-corrected chi connectivity index (χ0v) is 30.6. The fraction of sp³-hybridized carbons (Fsp3) is 0. The highest BCUT2D eigenvalue weighted by Crippen LogP contribution is 2.48. The van der Waals surface area contributed by atoms with E-state index in [-0.39, 0.29) is 5.84 Å². The van der Waals surface area contributed by atoms with Crippen molar-refractivity contribution < 1.29 is 4.42 Å². The molecule has 0 saturated carbocycles. The van der Waals surface area contributed by atoms with Crippen molar-refractivity contribution >= 4 is 103 Å². The Morgan fingerprint density at radius 2 is 1.27 bits per heavy atom. The van der Waals surface area contributed by atoms with Crippen LogP contribution in [0.1, 0.15) is 5.56 Å². The first-order valence-corrected chi connectivity index (χ1v) is 19.4. The molecule has 0 unspecified atom stereocenters. The highest BCUT2D eigenvalue weighted by atomic mass is 32.1. The Morgan fingerprint density at radius 1 is 0.607 bits per heavy atom. The minimum atomic E-state index is 0.109. The standard InChI is InChI=1S/C49H29N5OS/c50-48(53-49-51-37-20-8-3-16-33(37)45(52-49)28-25-26-30-29-13-6-11-23-40(29)55-41(30)27-28)35-18-5-10-22-39(35)54-38-21-9-4-17-34(38)43-31-14-1-2-15-32(31)44-36-19-7-12-24-42(36)56-47(44)46(43)54/h1-27H,(H2,50,51,52,53). The molecule has 0 aliphatic carbocycles. The van der Waals surface area contributed by atoms with Crippen LogP contribution in [0.4, 0.5) is 0 Å². The van der Waals surface area contributed by atoms with E-state index in [0.29, 0.717) is 11.2 Å². The van der Waals surface area contributed by atoms with E-state index in [4.69, 9.17) is 14.4 Å². The SMILES string of the molecule is N=C(N=c1nc(-c2ccc3c(c2)oc2ccccc23)c2ccccc2[nH]1)c1ccccc1-n1c2ccccc2c2c3ccccc3c3c4ccccc4sc3c21. The van der Waals surface area contributed by atoms with Gasteiger partial charge in [0.1, 0.15) is 11.2 Å². The molecule has 12 rings (SSSR count). The van der Waals surface area contributed by atoms with Gasteiger partial charge in [-0.2, -0.15) is 4.99 Å². The van der Waals surface area contributed by atoms with Crippen LogP contribution in [-0.4, -0.2) is 20.4 Å². The summed E-state index contributed by atoms with van der Waals surface area (Å²) in [7, 11) is 0. The third-order valence-corrected chi connectivity index (χ3v) is 12.2. The van der Waals surface area contributed by atoms with Crippen molar-refractivity contribution in [3.05, 3.63) is 175 Å². The highest BCUT2D eigenvalue weighted by molar-refractivity contribution is 7.27. The molecule has 2 N–H and O–H groups in total. The van der Waals surface area contributed by atoms with Crippen molar-refractivity contribution in [2.45, 2.75) is 0 Å². The van der Waals surface area contributed by atoms with Crippen molar-refractivity contribution in [3.8, 4) is 16.9 Å². The maximum Gasteiger partial charge on any atom is 0.229 e. The van der Waals surface area contributed by atoms with Crippen LogP contribution >= 0.6 is 11.3 Å². The number of hydrogen-bond acceptors (Lipinski definition) is 4. The fourth-order valence-corrected chi connectivity index (χ4v) is 9.93. The number of para-hydroxylation sites is 4. The monoisotopic (exact) mass is 735 g/mol. The van der Waals surface area contributed by atoms with Gasteiger partial charge in [0.25, 0.3) is 0 Å². The summed E-state index contributed by atoms with van der Waals surface area (Å²) in [5.41, 5.74) is 8.37. The summed E-state index contributed by atoms with van der Waals surface area (Å²) < 4.78 is 11.1. The summed E-state index contributed by atoms with van der Waals surface area (Å²) in [5.74, 6) is 0.109. The number of hydrogen-bond donors (Lipinski definition) is 2. The van der Waals surface area contributed by atoms with Crippen LogP contribution in [0.25, 0.3) is 103 Å². The van der Waals surface area contributed by atoms with Gasteiger partial charge in [-0.3, -0.25) is 5.41 Å². The van der Waals surface area contributed by atoms with E-state index in [2.05, 4.69) is 119 Å². The lowest BCUT2D eigenvalue weighted by Gasteiger charge is -2.14. The van der Waals surface area contributed by atoms with Gasteiger partial charge >= 0.3 is 0 Å². The number of furan rings is 1. The molecular formula is C49H29N5OS. The fourth-order valence-electron chi connectivity index (χ4n) is 8.67. The first kappa shape index (κ1) is 31.0. The molecule has 0 aliphatic rings. The minimum Gasteiger partial charge on any atom is -0.456 e. The molecule has 0 spiro atoms. The maximum absolute atomic E-state index is 9.61. The van der Waals surface area contributed by atoms with Crippen LogP contribution in [0.5, 0.6) is 0 Å². The molecule has 4 aromatic heterocycles. The van der Waals surface area contributed by atoms with E-state index in [1.54, 1.807) is 0 Å². The molecule has 0 fully saturated rings. The van der Waals surface area contributed by atoms with Gasteiger partial charge < -0.3 is 14.0 Å². The zero-order valence-electron chi connectivity index (χ0n) is 29.7. The molecule has 0 bridgehead atoms.